The number of nitrogens with zero attached hydrogens (tertiary/aromatic N) is 5. The molecule has 1 aliphatic heterocycles. The van der Waals surface area contributed by atoms with Crippen LogP contribution in [0.25, 0.3) is 11.2 Å². The van der Waals surface area contributed by atoms with Crippen LogP contribution in [0, 0.1) is 0 Å². The van der Waals surface area contributed by atoms with Gasteiger partial charge in [-0.05, 0) is 48.2 Å². The third-order valence-electron chi connectivity index (χ3n) is 8.57. The Labute approximate surface area is 268 Å². The fourth-order valence-corrected chi connectivity index (χ4v) is 6.35. The lowest BCUT2D eigenvalue weighted by Crippen LogP contribution is -2.44. The first-order valence-electron chi connectivity index (χ1n) is 14.6. The molecular formula is C30H34Cl2N8O5. The van der Waals surface area contributed by atoms with E-state index in [1.165, 1.54) is 6.33 Å². The van der Waals surface area contributed by atoms with Gasteiger partial charge in [0.1, 0.15) is 24.4 Å². The van der Waals surface area contributed by atoms with E-state index in [1.807, 2.05) is 4.90 Å². The quantitative estimate of drug-likeness (QED) is 0.137. The number of amides is 1. The minimum atomic E-state index is -1.53. The molecule has 0 radical (unpaired) electrons. The van der Waals surface area contributed by atoms with Crippen molar-refractivity contribution < 1.29 is 25.2 Å². The molecule has 4 aromatic rings. The van der Waals surface area contributed by atoms with Gasteiger partial charge in [0.15, 0.2) is 17.0 Å². The van der Waals surface area contributed by atoms with E-state index < -0.39 is 42.4 Å². The van der Waals surface area contributed by atoms with Gasteiger partial charge in [0.2, 0.25) is 11.9 Å². The SMILES string of the molecule is N[C@@H]1CCN(c2nc(NCC(O)(c3ccc(Cl)cc3)c3ccc(Cl)cc3)c3ncn([C@@H]4C[C@H](NC(=O)CO)[C@@H](O)[C@H]4O)c3n2)C1. The number of hydrogen-bond acceptors (Lipinski definition) is 11. The molecule has 1 saturated heterocycles. The van der Waals surface area contributed by atoms with Crippen molar-refractivity contribution in [2.45, 2.75) is 48.8 Å². The number of nitrogens with one attached hydrogen (secondary N) is 2. The summed E-state index contributed by atoms with van der Waals surface area (Å²) in [6.07, 6.45) is -0.0847. The standard InChI is InChI=1S/C30H34Cl2N8O5/c31-18-5-1-16(2-6-18)30(45,17-3-7-19(32)8-4-17)14-34-27-24-28(38-29(37-27)39-10-9-20(33)12-39)40(15-35-24)22-11-21(25(43)26(22)44)36-23(42)13-41/h1-8,15,20-22,25-26,41,43-45H,9-14,33H2,(H,36,42)(H,34,37,38)/t20-,21+,22-,25-,26+/m1/s1. The Balaban J connectivity index is 1.39. The predicted molar refractivity (Wildman–Crippen MR) is 169 cm³/mol. The lowest BCUT2D eigenvalue weighted by atomic mass is 9.86. The molecule has 2 aromatic heterocycles. The molecule has 0 spiro atoms. The Hall–Kier alpha value is -3.56. The number of fused-ring (bicyclic) bond motifs is 1. The summed E-state index contributed by atoms with van der Waals surface area (Å²) < 4.78 is 1.66. The number of halogens is 2. The van der Waals surface area contributed by atoms with Crippen molar-refractivity contribution in [3.8, 4) is 0 Å². The number of nitrogens with two attached hydrogens (primary N) is 1. The lowest BCUT2D eigenvalue weighted by Gasteiger charge is -2.30. The van der Waals surface area contributed by atoms with Crippen molar-refractivity contribution in [2.24, 2.45) is 5.73 Å². The highest BCUT2D eigenvalue weighted by atomic mass is 35.5. The average Bonchev–Trinajstić information content (AvgIpc) is 3.74. The highest BCUT2D eigenvalue weighted by molar-refractivity contribution is 6.30. The minimum absolute atomic E-state index is 0.0196. The topological polar surface area (TPSA) is 195 Å². The van der Waals surface area contributed by atoms with Gasteiger partial charge in [0, 0.05) is 29.2 Å². The predicted octanol–water partition coefficient (Wildman–Crippen LogP) is 1.16. The second-order valence-corrected chi connectivity index (χ2v) is 12.4. The summed E-state index contributed by atoms with van der Waals surface area (Å²) in [7, 11) is 0. The van der Waals surface area contributed by atoms with E-state index in [0.29, 0.717) is 57.2 Å². The molecule has 238 valence electrons. The zero-order chi connectivity index (χ0) is 31.9. The first-order chi connectivity index (χ1) is 21.6. The summed E-state index contributed by atoms with van der Waals surface area (Å²) in [6, 6.07) is 12.3. The lowest BCUT2D eigenvalue weighted by molar-refractivity contribution is -0.125. The first-order valence-corrected chi connectivity index (χ1v) is 15.3. The maximum atomic E-state index is 12.2. The van der Waals surface area contributed by atoms with Crippen molar-refractivity contribution in [3.63, 3.8) is 0 Å². The second kappa shape index (κ2) is 12.7. The molecule has 15 heteroatoms. The van der Waals surface area contributed by atoms with Gasteiger partial charge in [0.05, 0.1) is 25.0 Å². The molecule has 8 N–H and O–H groups in total. The molecule has 0 bridgehead atoms. The molecule has 2 aromatic carbocycles. The van der Waals surface area contributed by atoms with Crippen LogP contribution in [0.15, 0.2) is 54.9 Å². The minimum Gasteiger partial charge on any atom is -0.388 e. The van der Waals surface area contributed by atoms with E-state index in [4.69, 9.17) is 44.0 Å². The Morgan fingerprint density at radius 2 is 1.67 bits per heavy atom. The number of aromatic nitrogens is 4. The molecular weight excluding hydrogens is 623 g/mol. The number of benzene rings is 2. The van der Waals surface area contributed by atoms with Crippen LogP contribution in [0.3, 0.4) is 0 Å². The van der Waals surface area contributed by atoms with E-state index in [-0.39, 0.29) is 19.0 Å². The summed E-state index contributed by atoms with van der Waals surface area (Å²) >= 11 is 12.3. The molecule has 6 rings (SSSR count). The average molecular weight is 658 g/mol. The van der Waals surface area contributed by atoms with Crippen LogP contribution in [0.2, 0.25) is 10.0 Å². The zero-order valence-electron chi connectivity index (χ0n) is 24.1. The molecule has 1 amide bonds. The highest BCUT2D eigenvalue weighted by Crippen LogP contribution is 2.36. The van der Waals surface area contributed by atoms with Crippen LogP contribution < -0.4 is 21.3 Å². The Kier molecular flexibility index (Phi) is 8.85. The fraction of sp³-hybridized carbons (Fsp3) is 0.400. The fourth-order valence-electron chi connectivity index (χ4n) is 6.09. The normalized spacial score (nSPS) is 23.5. The number of anilines is 2. The van der Waals surface area contributed by atoms with Crippen LogP contribution in [-0.2, 0) is 10.4 Å². The number of rotatable bonds is 9. The van der Waals surface area contributed by atoms with Crippen LogP contribution in [0.1, 0.15) is 30.0 Å². The van der Waals surface area contributed by atoms with E-state index in [9.17, 15) is 20.1 Å². The molecule has 3 heterocycles. The van der Waals surface area contributed by atoms with Gasteiger partial charge in [-0.2, -0.15) is 9.97 Å². The summed E-state index contributed by atoms with van der Waals surface area (Å²) in [4.78, 5) is 28.0. The Morgan fingerprint density at radius 3 is 2.24 bits per heavy atom. The van der Waals surface area contributed by atoms with Gasteiger partial charge in [-0.15, -0.1) is 0 Å². The molecule has 45 heavy (non-hydrogen) atoms. The zero-order valence-corrected chi connectivity index (χ0v) is 25.6. The first kappa shape index (κ1) is 31.4. The molecule has 2 aliphatic rings. The van der Waals surface area contributed by atoms with Gasteiger partial charge >= 0.3 is 0 Å². The maximum absolute atomic E-state index is 12.2. The number of aliphatic hydroxyl groups excluding tert-OH is 3. The number of carbonyl (C=O) groups is 1. The van der Waals surface area contributed by atoms with Crippen LogP contribution >= 0.6 is 23.2 Å². The third kappa shape index (κ3) is 6.17. The Morgan fingerprint density at radius 1 is 1.02 bits per heavy atom. The van der Waals surface area contributed by atoms with Crippen LogP contribution in [-0.4, -0.2) is 96.4 Å². The molecule has 2 fully saturated rings. The van der Waals surface area contributed by atoms with Gasteiger partial charge in [0.25, 0.3) is 0 Å². The highest BCUT2D eigenvalue weighted by Gasteiger charge is 2.44. The van der Waals surface area contributed by atoms with E-state index >= 15 is 0 Å². The van der Waals surface area contributed by atoms with Crippen LogP contribution in [0.5, 0.6) is 0 Å². The van der Waals surface area contributed by atoms with Crippen molar-refractivity contribution >= 4 is 52.0 Å². The van der Waals surface area contributed by atoms with Gasteiger partial charge in [-0.3, -0.25) is 4.79 Å². The molecule has 1 saturated carbocycles. The number of hydrogen-bond donors (Lipinski definition) is 7. The Bertz CT molecular complexity index is 1630. The van der Waals surface area contributed by atoms with Gasteiger partial charge in [-0.25, -0.2) is 4.98 Å². The summed E-state index contributed by atoms with van der Waals surface area (Å²) in [5.74, 6) is 0.0749. The van der Waals surface area contributed by atoms with E-state index in [0.717, 1.165) is 6.42 Å². The summed E-state index contributed by atoms with van der Waals surface area (Å²) in [5, 5.41) is 49.9. The maximum Gasteiger partial charge on any atom is 0.246 e. The molecule has 0 unspecified atom stereocenters. The summed E-state index contributed by atoms with van der Waals surface area (Å²) in [5.41, 5.74) is 6.59. The number of carbonyl (C=O) groups excluding carboxylic acids is 1. The summed E-state index contributed by atoms with van der Waals surface area (Å²) in [6.45, 7) is 0.423. The molecule has 1 aliphatic carbocycles. The monoisotopic (exact) mass is 656 g/mol. The smallest absolute Gasteiger partial charge is 0.246 e. The largest absolute Gasteiger partial charge is 0.388 e. The number of imidazole rings is 1. The van der Waals surface area contributed by atoms with Crippen molar-refractivity contribution in [3.05, 3.63) is 76.0 Å². The van der Waals surface area contributed by atoms with Crippen LogP contribution in [0.4, 0.5) is 11.8 Å². The van der Waals surface area contributed by atoms with Crippen molar-refractivity contribution in [1.29, 1.82) is 0 Å². The second-order valence-electron chi connectivity index (χ2n) is 11.5. The third-order valence-corrected chi connectivity index (χ3v) is 9.08. The van der Waals surface area contributed by atoms with Gasteiger partial charge < -0.3 is 46.3 Å². The molecule has 13 nitrogen and oxygen atoms in total. The number of aliphatic hydroxyl groups is 4. The van der Waals surface area contributed by atoms with E-state index in [1.54, 1.807) is 53.1 Å². The van der Waals surface area contributed by atoms with E-state index in [2.05, 4.69) is 15.6 Å². The van der Waals surface area contributed by atoms with Gasteiger partial charge in [-0.1, -0.05) is 47.5 Å². The molecule has 5 atom stereocenters. The van der Waals surface area contributed by atoms with Crippen molar-refractivity contribution in [2.75, 3.05) is 36.5 Å². The van der Waals surface area contributed by atoms with Crippen molar-refractivity contribution in [1.82, 2.24) is 24.8 Å².